The van der Waals surface area contributed by atoms with Crippen LogP contribution in [0.2, 0.25) is 0 Å². The molecule has 8 nitrogen and oxygen atoms in total. The van der Waals surface area contributed by atoms with Gasteiger partial charge in [0.25, 0.3) is 0 Å². The molecule has 1 N–H and O–H groups in total. The van der Waals surface area contributed by atoms with Crippen molar-refractivity contribution in [1.82, 2.24) is 20.1 Å². The van der Waals surface area contributed by atoms with E-state index in [4.69, 9.17) is 14.7 Å². The van der Waals surface area contributed by atoms with E-state index in [1.54, 1.807) is 7.11 Å². The third kappa shape index (κ3) is 5.24. The molecule has 3 rings (SSSR count). The number of hydrogen-bond donors (Lipinski definition) is 1. The number of nitrogens with zero attached hydrogens (tertiary/aromatic N) is 4. The summed E-state index contributed by atoms with van der Waals surface area (Å²) in [6, 6.07) is 9.66. The minimum absolute atomic E-state index is 0.122. The number of ether oxygens (including phenoxy) is 2. The molecular weight excluding hydrogens is 378 g/mol. The molecule has 1 aliphatic heterocycles. The van der Waals surface area contributed by atoms with Gasteiger partial charge in [-0.3, -0.25) is 9.36 Å². The number of aromatic nitrogens is 3. The van der Waals surface area contributed by atoms with Gasteiger partial charge in [0.1, 0.15) is 5.75 Å². The molecule has 1 aromatic heterocycles. The number of rotatable bonds is 9. The molecule has 0 radical (unpaired) electrons. The van der Waals surface area contributed by atoms with Crippen LogP contribution in [-0.4, -0.2) is 52.8 Å². The molecule has 2 heterocycles. The highest BCUT2D eigenvalue weighted by atomic mass is 32.2. The largest absolute Gasteiger partial charge is 0.497 e. The van der Waals surface area contributed by atoms with Crippen LogP contribution < -0.4 is 10.1 Å². The Hall–Kier alpha value is -2.57. The second-order valence-electron chi connectivity index (χ2n) is 6.33. The molecular formula is C19H23N5O3S. The Kier molecular flexibility index (Phi) is 7.28. The van der Waals surface area contributed by atoms with Crippen LogP contribution >= 0.6 is 11.8 Å². The molecule has 0 bridgehead atoms. The zero-order chi connectivity index (χ0) is 19.8. The second-order valence-corrected chi connectivity index (χ2v) is 7.27. The first-order valence-corrected chi connectivity index (χ1v) is 10.2. The summed E-state index contributed by atoms with van der Waals surface area (Å²) in [5.41, 5.74) is 0.927. The summed E-state index contributed by atoms with van der Waals surface area (Å²) in [4.78, 5) is 12.0. The van der Waals surface area contributed by atoms with Crippen LogP contribution in [0.4, 0.5) is 0 Å². The fourth-order valence-corrected chi connectivity index (χ4v) is 3.72. The number of methoxy groups -OCH3 is 1. The Morgan fingerprint density at radius 3 is 2.93 bits per heavy atom. The van der Waals surface area contributed by atoms with Crippen LogP contribution in [0.25, 0.3) is 11.4 Å². The summed E-state index contributed by atoms with van der Waals surface area (Å²) in [5, 5.41) is 20.6. The molecule has 1 aliphatic rings. The van der Waals surface area contributed by atoms with Crippen LogP contribution in [0.15, 0.2) is 29.4 Å². The maximum Gasteiger partial charge on any atom is 0.230 e. The number of nitriles is 1. The summed E-state index contributed by atoms with van der Waals surface area (Å²) in [6.45, 7) is 1.77. The van der Waals surface area contributed by atoms with Crippen molar-refractivity contribution < 1.29 is 14.3 Å². The molecule has 148 valence electrons. The quantitative estimate of drug-likeness (QED) is 0.508. The van der Waals surface area contributed by atoms with Crippen LogP contribution in [0, 0.1) is 11.3 Å². The van der Waals surface area contributed by atoms with Gasteiger partial charge in [-0.2, -0.15) is 5.26 Å². The number of benzene rings is 1. The van der Waals surface area contributed by atoms with Crippen molar-refractivity contribution in [2.45, 2.75) is 37.1 Å². The molecule has 1 fully saturated rings. The fraction of sp³-hybridized carbons (Fsp3) is 0.474. The minimum Gasteiger partial charge on any atom is -0.497 e. The number of carbonyl (C=O) groups is 1. The van der Waals surface area contributed by atoms with E-state index in [0.29, 0.717) is 24.7 Å². The SMILES string of the molecule is COc1ccc(-c2nnc(SCC(=O)NCCC#N)n2C[C@@H]2CCCO2)cc1. The van der Waals surface area contributed by atoms with Gasteiger partial charge in [0.05, 0.1) is 38.0 Å². The average Bonchev–Trinajstić information content (AvgIpc) is 3.37. The standard InChI is InChI=1S/C19H23N5O3S/c1-26-15-7-5-14(6-8-15)18-22-23-19(24(18)12-16-4-2-11-27-16)28-13-17(25)21-10-3-9-20/h5-8,16H,2-4,10-13H2,1H3,(H,21,25)/t16-/m0/s1. The van der Waals surface area contributed by atoms with Gasteiger partial charge in [0.2, 0.25) is 5.91 Å². The molecule has 9 heteroatoms. The Bertz CT molecular complexity index is 825. The van der Waals surface area contributed by atoms with E-state index in [1.165, 1.54) is 11.8 Å². The van der Waals surface area contributed by atoms with E-state index in [-0.39, 0.29) is 17.8 Å². The number of thioether (sulfide) groups is 1. The normalized spacial score (nSPS) is 15.9. The summed E-state index contributed by atoms with van der Waals surface area (Å²) in [5.74, 6) is 1.61. The zero-order valence-corrected chi connectivity index (χ0v) is 16.6. The molecule has 0 aliphatic carbocycles. The first-order chi connectivity index (χ1) is 13.7. The molecule has 0 saturated carbocycles. The molecule has 1 aromatic carbocycles. The number of hydrogen-bond acceptors (Lipinski definition) is 7. The zero-order valence-electron chi connectivity index (χ0n) is 15.8. The lowest BCUT2D eigenvalue weighted by Gasteiger charge is -2.15. The lowest BCUT2D eigenvalue weighted by Crippen LogP contribution is -2.26. The van der Waals surface area contributed by atoms with E-state index in [0.717, 1.165) is 36.6 Å². The third-order valence-electron chi connectivity index (χ3n) is 4.37. The van der Waals surface area contributed by atoms with Crippen molar-refractivity contribution in [3.8, 4) is 23.2 Å². The van der Waals surface area contributed by atoms with E-state index in [1.807, 2.05) is 34.9 Å². The van der Waals surface area contributed by atoms with E-state index in [2.05, 4.69) is 15.5 Å². The van der Waals surface area contributed by atoms with Gasteiger partial charge < -0.3 is 14.8 Å². The second kappa shape index (κ2) is 10.1. The number of amides is 1. The van der Waals surface area contributed by atoms with Crippen molar-refractivity contribution in [3.63, 3.8) is 0 Å². The predicted molar refractivity (Wildman–Crippen MR) is 105 cm³/mol. The molecule has 1 amide bonds. The summed E-state index contributed by atoms with van der Waals surface area (Å²) in [7, 11) is 1.63. The topological polar surface area (TPSA) is 102 Å². The van der Waals surface area contributed by atoms with Crippen LogP contribution in [0.3, 0.4) is 0 Å². The van der Waals surface area contributed by atoms with E-state index >= 15 is 0 Å². The minimum atomic E-state index is -0.127. The molecule has 0 spiro atoms. The number of nitrogens with one attached hydrogen (secondary N) is 1. The first-order valence-electron chi connectivity index (χ1n) is 9.17. The van der Waals surface area contributed by atoms with Gasteiger partial charge in [-0.15, -0.1) is 10.2 Å². The number of carbonyl (C=O) groups excluding carboxylic acids is 1. The van der Waals surface area contributed by atoms with Crippen molar-refractivity contribution in [2.75, 3.05) is 26.0 Å². The summed E-state index contributed by atoms with van der Waals surface area (Å²) < 4.78 is 13.0. The highest BCUT2D eigenvalue weighted by Crippen LogP contribution is 2.27. The molecule has 1 atom stereocenters. The highest BCUT2D eigenvalue weighted by molar-refractivity contribution is 7.99. The van der Waals surface area contributed by atoms with Crippen LogP contribution in [0.1, 0.15) is 19.3 Å². The average molecular weight is 401 g/mol. The fourth-order valence-electron chi connectivity index (χ4n) is 2.94. The van der Waals surface area contributed by atoms with Crippen molar-refractivity contribution in [2.24, 2.45) is 0 Å². The van der Waals surface area contributed by atoms with Crippen molar-refractivity contribution in [3.05, 3.63) is 24.3 Å². The predicted octanol–water partition coefficient (Wildman–Crippen LogP) is 2.25. The molecule has 0 unspecified atom stereocenters. The van der Waals surface area contributed by atoms with Gasteiger partial charge in [-0.1, -0.05) is 11.8 Å². The molecule has 28 heavy (non-hydrogen) atoms. The van der Waals surface area contributed by atoms with Gasteiger partial charge in [-0.05, 0) is 37.1 Å². The lowest BCUT2D eigenvalue weighted by molar-refractivity contribution is -0.118. The van der Waals surface area contributed by atoms with E-state index < -0.39 is 0 Å². The Morgan fingerprint density at radius 2 is 2.25 bits per heavy atom. The summed E-state index contributed by atoms with van der Waals surface area (Å²) in [6.07, 6.45) is 2.47. The van der Waals surface area contributed by atoms with Crippen LogP contribution in [-0.2, 0) is 16.1 Å². The Morgan fingerprint density at radius 1 is 1.43 bits per heavy atom. The van der Waals surface area contributed by atoms with Gasteiger partial charge in [0.15, 0.2) is 11.0 Å². The molecule has 1 saturated heterocycles. The van der Waals surface area contributed by atoms with Crippen LogP contribution in [0.5, 0.6) is 5.75 Å². The first kappa shape index (κ1) is 20.2. The summed E-state index contributed by atoms with van der Waals surface area (Å²) >= 11 is 1.33. The maximum absolute atomic E-state index is 12.0. The van der Waals surface area contributed by atoms with Crippen molar-refractivity contribution in [1.29, 1.82) is 5.26 Å². The van der Waals surface area contributed by atoms with Crippen molar-refractivity contribution >= 4 is 17.7 Å². The third-order valence-corrected chi connectivity index (χ3v) is 5.33. The van der Waals surface area contributed by atoms with Gasteiger partial charge in [0, 0.05) is 18.7 Å². The Balaban J connectivity index is 1.75. The molecule has 2 aromatic rings. The van der Waals surface area contributed by atoms with Gasteiger partial charge >= 0.3 is 0 Å². The lowest BCUT2D eigenvalue weighted by atomic mass is 10.2. The van der Waals surface area contributed by atoms with Gasteiger partial charge in [-0.25, -0.2) is 0 Å². The Labute approximate surface area is 168 Å². The smallest absolute Gasteiger partial charge is 0.230 e. The highest BCUT2D eigenvalue weighted by Gasteiger charge is 2.22. The maximum atomic E-state index is 12.0. The monoisotopic (exact) mass is 401 g/mol. The van der Waals surface area contributed by atoms with E-state index in [9.17, 15) is 4.79 Å².